The molecule has 0 saturated heterocycles. The van der Waals surface area contributed by atoms with Gasteiger partial charge in [0.1, 0.15) is 22.9 Å². The van der Waals surface area contributed by atoms with Crippen molar-refractivity contribution in [2.45, 2.75) is 46.3 Å². The van der Waals surface area contributed by atoms with Gasteiger partial charge >= 0.3 is 5.97 Å². The zero-order valence-corrected chi connectivity index (χ0v) is 20.6. The normalized spacial score (nSPS) is 12.0. The van der Waals surface area contributed by atoms with E-state index < -0.39 is 12.1 Å². The van der Waals surface area contributed by atoms with Gasteiger partial charge in [-0.1, -0.05) is 63.2 Å². The maximum atomic E-state index is 12.2. The standard InChI is InChI=1S/C28H30N4O4/c1-4-8-24-29-22-15-16-23(31-27(33)18(2)3)30-26(22)32(24)17-19-11-13-21(14-12-19)36-25(28(34)35)20-9-6-5-7-10-20/h5-7,9-16,18,25H,4,8,17H2,1-3H3,(H,34,35)(H,30,31,33). The number of aromatic nitrogens is 3. The Morgan fingerprint density at radius 1 is 1.00 bits per heavy atom. The Morgan fingerprint density at radius 2 is 1.72 bits per heavy atom. The molecule has 1 amide bonds. The minimum Gasteiger partial charge on any atom is -0.478 e. The van der Waals surface area contributed by atoms with Crippen molar-refractivity contribution in [1.29, 1.82) is 0 Å². The van der Waals surface area contributed by atoms with Gasteiger partial charge in [-0.25, -0.2) is 14.8 Å². The van der Waals surface area contributed by atoms with Crippen LogP contribution in [0.1, 0.15) is 50.2 Å². The summed E-state index contributed by atoms with van der Waals surface area (Å²) in [5.74, 6) is 0.596. The molecule has 0 aliphatic heterocycles. The Bertz CT molecular complexity index is 1350. The number of carbonyl (C=O) groups is 2. The van der Waals surface area contributed by atoms with E-state index in [0.29, 0.717) is 29.3 Å². The van der Waals surface area contributed by atoms with Crippen molar-refractivity contribution in [1.82, 2.24) is 14.5 Å². The third-order valence-corrected chi connectivity index (χ3v) is 5.77. The number of imidazole rings is 1. The van der Waals surface area contributed by atoms with Crippen molar-refractivity contribution in [2.75, 3.05) is 5.32 Å². The highest BCUT2D eigenvalue weighted by Gasteiger charge is 2.21. The van der Waals surface area contributed by atoms with Crippen LogP contribution in [0, 0.1) is 5.92 Å². The molecule has 2 N–H and O–H groups in total. The monoisotopic (exact) mass is 486 g/mol. The molecule has 4 rings (SSSR count). The molecule has 0 bridgehead atoms. The number of fused-ring (bicyclic) bond motifs is 1. The third kappa shape index (κ3) is 5.71. The number of carboxylic acid groups (broad SMARTS) is 1. The maximum Gasteiger partial charge on any atom is 0.349 e. The summed E-state index contributed by atoms with van der Waals surface area (Å²) in [6.07, 6.45) is 0.639. The predicted octanol–water partition coefficient (Wildman–Crippen LogP) is 5.23. The molecular formula is C28H30N4O4. The number of aliphatic carboxylic acids is 1. The Kier molecular flexibility index (Phi) is 7.63. The molecule has 0 spiro atoms. The van der Waals surface area contributed by atoms with Gasteiger partial charge in [-0.2, -0.15) is 0 Å². The van der Waals surface area contributed by atoms with Gasteiger partial charge in [-0.15, -0.1) is 0 Å². The van der Waals surface area contributed by atoms with Gasteiger partial charge in [0.05, 0.1) is 6.54 Å². The Balaban J connectivity index is 1.58. The number of anilines is 1. The number of benzene rings is 2. The lowest BCUT2D eigenvalue weighted by Crippen LogP contribution is -2.18. The molecule has 2 heterocycles. The molecule has 1 atom stereocenters. The second-order valence-electron chi connectivity index (χ2n) is 8.94. The molecule has 8 heteroatoms. The number of hydrogen-bond donors (Lipinski definition) is 2. The van der Waals surface area contributed by atoms with Crippen molar-refractivity contribution in [3.63, 3.8) is 0 Å². The summed E-state index contributed by atoms with van der Waals surface area (Å²) in [5.41, 5.74) is 3.04. The molecule has 186 valence electrons. The molecule has 36 heavy (non-hydrogen) atoms. The first-order chi connectivity index (χ1) is 17.4. The summed E-state index contributed by atoms with van der Waals surface area (Å²) in [7, 11) is 0. The van der Waals surface area contributed by atoms with E-state index in [-0.39, 0.29) is 11.8 Å². The van der Waals surface area contributed by atoms with Gasteiger partial charge < -0.3 is 19.7 Å². The molecule has 1 unspecified atom stereocenters. The fourth-order valence-electron chi connectivity index (χ4n) is 3.85. The summed E-state index contributed by atoms with van der Waals surface area (Å²) in [5, 5.41) is 12.5. The van der Waals surface area contributed by atoms with Crippen LogP contribution in [0.4, 0.5) is 5.82 Å². The van der Waals surface area contributed by atoms with Crippen molar-refractivity contribution < 1.29 is 19.4 Å². The summed E-state index contributed by atoms with van der Waals surface area (Å²) in [6, 6.07) is 19.9. The number of carbonyl (C=O) groups excluding carboxylic acids is 1. The lowest BCUT2D eigenvalue weighted by molar-refractivity contribution is -0.145. The average Bonchev–Trinajstić information content (AvgIpc) is 3.20. The van der Waals surface area contributed by atoms with E-state index >= 15 is 0 Å². The van der Waals surface area contributed by atoms with Gasteiger partial charge in [0.15, 0.2) is 5.65 Å². The fourth-order valence-corrected chi connectivity index (χ4v) is 3.85. The van der Waals surface area contributed by atoms with Gasteiger partial charge in [-0.3, -0.25) is 4.79 Å². The lowest BCUT2D eigenvalue weighted by Gasteiger charge is -2.16. The number of pyridine rings is 1. The van der Waals surface area contributed by atoms with Crippen LogP contribution in [0.5, 0.6) is 5.75 Å². The third-order valence-electron chi connectivity index (χ3n) is 5.77. The van der Waals surface area contributed by atoms with Crippen molar-refractivity contribution in [3.05, 3.63) is 83.7 Å². The molecule has 0 radical (unpaired) electrons. The molecule has 2 aromatic heterocycles. The van der Waals surface area contributed by atoms with E-state index in [9.17, 15) is 14.7 Å². The van der Waals surface area contributed by atoms with Gasteiger partial charge in [-0.05, 0) is 36.2 Å². The van der Waals surface area contributed by atoms with Crippen molar-refractivity contribution in [3.8, 4) is 5.75 Å². The zero-order chi connectivity index (χ0) is 25.7. The Labute approximate surface area is 210 Å². The van der Waals surface area contributed by atoms with Crippen molar-refractivity contribution >= 4 is 28.9 Å². The number of ether oxygens (including phenoxy) is 1. The summed E-state index contributed by atoms with van der Waals surface area (Å²) in [6.45, 7) is 6.30. The van der Waals surface area contributed by atoms with E-state index in [1.807, 2.05) is 38.1 Å². The fraction of sp³-hybridized carbons (Fsp3) is 0.286. The SMILES string of the molecule is CCCc1nc2ccc(NC(=O)C(C)C)nc2n1Cc1ccc(OC(C(=O)O)c2ccccc2)cc1. The first-order valence-corrected chi connectivity index (χ1v) is 12.1. The second-order valence-corrected chi connectivity index (χ2v) is 8.94. The second kappa shape index (κ2) is 11.0. The summed E-state index contributed by atoms with van der Waals surface area (Å²) >= 11 is 0. The van der Waals surface area contributed by atoms with Crippen LogP contribution in [-0.4, -0.2) is 31.5 Å². The number of rotatable bonds is 10. The molecule has 2 aromatic carbocycles. The Morgan fingerprint density at radius 3 is 2.36 bits per heavy atom. The topological polar surface area (TPSA) is 106 Å². The van der Waals surface area contributed by atoms with Gasteiger partial charge in [0.2, 0.25) is 12.0 Å². The highest BCUT2D eigenvalue weighted by molar-refractivity contribution is 5.92. The van der Waals surface area contributed by atoms with E-state index in [2.05, 4.69) is 21.8 Å². The summed E-state index contributed by atoms with van der Waals surface area (Å²) in [4.78, 5) is 33.4. The number of carboxylic acids is 1. The van der Waals surface area contributed by atoms with E-state index in [0.717, 1.165) is 29.7 Å². The van der Waals surface area contributed by atoms with Crippen LogP contribution in [0.3, 0.4) is 0 Å². The van der Waals surface area contributed by atoms with E-state index in [1.54, 1.807) is 42.5 Å². The average molecular weight is 487 g/mol. The molecule has 0 saturated carbocycles. The van der Waals surface area contributed by atoms with Crippen LogP contribution in [-0.2, 0) is 22.6 Å². The van der Waals surface area contributed by atoms with E-state index in [1.165, 1.54) is 0 Å². The largest absolute Gasteiger partial charge is 0.478 e. The van der Waals surface area contributed by atoms with E-state index in [4.69, 9.17) is 9.72 Å². The predicted molar refractivity (Wildman–Crippen MR) is 138 cm³/mol. The van der Waals surface area contributed by atoms with Gasteiger partial charge in [0.25, 0.3) is 0 Å². The van der Waals surface area contributed by atoms with Crippen LogP contribution >= 0.6 is 0 Å². The lowest BCUT2D eigenvalue weighted by atomic mass is 10.1. The van der Waals surface area contributed by atoms with Crippen LogP contribution in [0.2, 0.25) is 0 Å². The maximum absolute atomic E-state index is 12.2. The van der Waals surface area contributed by atoms with Crippen LogP contribution in [0.15, 0.2) is 66.7 Å². The van der Waals surface area contributed by atoms with Crippen LogP contribution in [0.25, 0.3) is 11.2 Å². The number of hydrogen-bond acceptors (Lipinski definition) is 5. The first-order valence-electron chi connectivity index (χ1n) is 12.1. The number of nitrogens with one attached hydrogen (secondary N) is 1. The first kappa shape index (κ1) is 24.9. The molecule has 0 aliphatic rings. The number of amides is 1. The highest BCUT2D eigenvalue weighted by atomic mass is 16.5. The molecule has 8 nitrogen and oxygen atoms in total. The smallest absolute Gasteiger partial charge is 0.349 e. The van der Waals surface area contributed by atoms with Crippen LogP contribution < -0.4 is 10.1 Å². The Hall–Kier alpha value is -4.20. The summed E-state index contributed by atoms with van der Waals surface area (Å²) < 4.78 is 7.84. The minimum atomic E-state index is -1.09. The molecular weight excluding hydrogens is 456 g/mol. The zero-order valence-electron chi connectivity index (χ0n) is 20.6. The number of aryl methyl sites for hydroxylation is 1. The highest BCUT2D eigenvalue weighted by Crippen LogP contribution is 2.24. The molecule has 0 aliphatic carbocycles. The quantitative estimate of drug-likeness (QED) is 0.318. The van der Waals surface area contributed by atoms with Crippen molar-refractivity contribution in [2.24, 2.45) is 5.92 Å². The minimum absolute atomic E-state index is 0.0903. The van der Waals surface area contributed by atoms with Gasteiger partial charge in [0, 0.05) is 17.9 Å². The molecule has 0 fully saturated rings. The molecule has 4 aromatic rings. The number of nitrogens with zero attached hydrogens (tertiary/aromatic N) is 3.